The molecule has 4 N–H and O–H groups in total. The Hall–Kier alpha value is -1.18. The van der Waals surface area contributed by atoms with Crippen molar-refractivity contribution in [1.29, 1.82) is 0 Å². The van der Waals surface area contributed by atoms with Gasteiger partial charge in [-0.1, -0.05) is 19.9 Å². The van der Waals surface area contributed by atoms with Gasteiger partial charge < -0.3 is 11.5 Å². The monoisotopic (exact) mass is 164 g/mol. The van der Waals surface area contributed by atoms with Crippen molar-refractivity contribution in [1.82, 2.24) is 0 Å². The molecule has 1 rings (SSSR count). The lowest BCUT2D eigenvalue weighted by Crippen LogP contribution is -2.01. The second-order valence-electron chi connectivity index (χ2n) is 3.44. The van der Waals surface area contributed by atoms with Crippen LogP contribution in [0.15, 0.2) is 12.1 Å². The second-order valence-corrected chi connectivity index (χ2v) is 3.44. The highest BCUT2D eigenvalue weighted by Crippen LogP contribution is 2.27. The third-order valence-electron chi connectivity index (χ3n) is 2.21. The van der Waals surface area contributed by atoms with Crippen molar-refractivity contribution in [3.8, 4) is 0 Å². The molecule has 0 unspecified atom stereocenters. The zero-order valence-corrected chi connectivity index (χ0v) is 7.89. The lowest BCUT2D eigenvalue weighted by Gasteiger charge is -2.12. The van der Waals surface area contributed by atoms with Crippen LogP contribution in [0.1, 0.15) is 30.9 Å². The summed E-state index contributed by atoms with van der Waals surface area (Å²) < 4.78 is 0. The molecule has 0 saturated heterocycles. The molecule has 0 radical (unpaired) electrons. The van der Waals surface area contributed by atoms with Crippen LogP contribution in [0.3, 0.4) is 0 Å². The fourth-order valence-corrected chi connectivity index (χ4v) is 1.27. The zero-order chi connectivity index (χ0) is 9.30. The third kappa shape index (κ3) is 1.37. The summed E-state index contributed by atoms with van der Waals surface area (Å²) in [6, 6.07) is 3.92. The van der Waals surface area contributed by atoms with Crippen LogP contribution in [0.4, 0.5) is 11.4 Å². The van der Waals surface area contributed by atoms with E-state index >= 15 is 0 Å². The van der Waals surface area contributed by atoms with Gasteiger partial charge in [-0.05, 0) is 30.0 Å². The smallest absolute Gasteiger partial charge is 0.0399 e. The topological polar surface area (TPSA) is 52.0 Å². The van der Waals surface area contributed by atoms with Crippen molar-refractivity contribution < 1.29 is 0 Å². The number of rotatable bonds is 1. The molecule has 0 aromatic heterocycles. The van der Waals surface area contributed by atoms with Crippen LogP contribution >= 0.6 is 0 Å². The van der Waals surface area contributed by atoms with Crippen LogP contribution < -0.4 is 11.5 Å². The van der Waals surface area contributed by atoms with E-state index in [1.165, 1.54) is 5.56 Å². The van der Waals surface area contributed by atoms with Gasteiger partial charge in [0.2, 0.25) is 0 Å². The summed E-state index contributed by atoms with van der Waals surface area (Å²) in [4.78, 5) is 0. The summed E-state index contributed by atoms with van der Waals surface area (Å²) in [5, 5.41) is 0. The van der Waals surface area contributed by atoms with Crippen molar-refractivity contribution in [3.05, 3.63) is 23.3 Å². The number of nitrogens with two attached hydrogens (primary N) is 2. The zero-order valence-electron chi connectivity index (χ0n) is 7.89. The van der Waals surface area contributed by atoms with E-state index in [0.717, 1.165) is 16.9 Å². The van der Waals surface area contributed by atoms with Gasteiger partial charge in [-0.25, -0.2) is 0 Å². The van der Waals surface area contributed by atoms with Crippen molar-refractivity contribution >= 4 is 11.4 Å². The fourth-order valence-electron chi connectivity index (χ4n) is 1.27. The molecule has 0 saturated carbocycles. The van der Waals surface area contributed by atoms with Crippen LogP contribution in [0, 0.1) is 6.92 Å². The van der Waals surface area contributed by atoms with Crippen LogP contribution in [0.25, 0.3) is 0 Å². The summed E-state index contributed by atoms with van der Waals surface area (Å²) in [6.07, 6.45) is 0. The Morgan fingerprint density at radius 2 is 1.75 bits per heavy atom. The number of hydrogen-bond donors (Lipinski definition) is 2. The van der Waals surface area contributed by atoms with Gasteiger partial charge in [0.15, 0.2) is 0 Å². The van der Waals surface area contributed by atoms with Crippen molar-refractivity contribution in [3.63, 3.8) is 0 Å². The first kappa shape index (κ1) is 8.91. The van der Waals surface area contributed by atoms with Gasteiger partial charge in [-0.15, -0.1) is 0 Å². The van der Waals surface area contributed by atoms with Gasteiger partial charge in [0.05, 0.1) is 0 Å². The molecule has 2 heteroatoms. The molecule has 0 amide bonds. The minimum Gasteiger partial charge on any atom is -0.398 e. The minimum absolute atomic E-state index is 0.462. The average Bonchev–Trinajstić information content (AvgIpc) is 2.00. The van der Waals surface area contributed by atoms with E-state index in [1.807, 2.05) is 19.1 Å². The molecule has 0 aliphatic rings. The summed E-state index contributed by atoms with van der Waals surface area (Å²) in [6.45, 7) is 6.21. The Bertz CT molecular complexity index is 290. The quantitative estimate of drug-likeness (QED) is 0.626. The number of nitrogen functional groups attached to an aromatic ring is 2. The summed E-state index contributed by atoms with van der Waals surface area (Å²) in [7, 11) is 0. The summed E-state index contributed by atoms with van der Waals surface area (Å²) in [5.74, 6) is 0.462. The molecule has 1 aromatic carbocycles. The number of hydrogen-bond acceptors (Lipinski definition) is 2. The highest BCUT2D eigenvalue weighted by molar-refractivity contribution is 5.65. The third-order valence-corrected chi connectivity index (χ3v) is 2.21. The van der Waals surface area contributed by atoms with Crippen LogP contribution in [0.2, 0.25) is 0 Å². The molecule has 12 heavy (non-hydrogen) atoms. The van der Waals surface area contributed by atoms with E-state index in [-0.39, 0.29) is 0 Å². The van der Waals surface area contributed by atoms with Crippen LogP contribution in [0.5, 0.6) is 0 Å². The molecule has 1 aromatic rings. The van der Waals surface area contributed by atoms with Crippen LogP contribution in [-0.2, 0) is 0 Å². The lowest BCUT2D eigenvalue weighted by atomic mass is 9.98. The standard InChI is InChI=1S/C10H16N2/c1-6(2)8-4-5-9(11)7(3)10(8)12/h4-6H,11-12H2,1-3H3. The molecule has 0 aliphatic carbocycles. The van der Waals surface area contributed by atoms with E-state index < -0.39 is 0 Å². The predicted octanol–water partition coefficient (Wildman–Crippen LogP) is 2.28. The van der Waals surface area contributed by atoms with E-state index in [9.17, 15) is 0 Å². The Morgan fingerprint density at radius 3 is 2.25 bits per heavy atom. The predicted molar refractivity (Wildman–Crippen MR) is 54.1 cm³/mol. The first-order valence-corrected chi connectivity index (χ1v) is 4.18. The summed E-state index contributed by atoms with van der Waals surface area (Å²) >= 11 is 0. The largest absolute Gasteiger partial charge is 0.398 e. The van der Waals surface area contributed by atoms with Gasteiger partial charge in [0.25, 0.3) is 0 Å². The van der Waals surface area contributed by atoms with E-state index in [0.29, 0.717) is 5.92 Å². The van der Waals surface area contributed by atoms with Gasteiger partial charge in [-0.2, -0.15) is 0 Å². The minimum atomic E-state index is 0.462. The molecule has 0 bridgehead atoms. The molecule has 66 valence electrons. The van der Waals surface area contributed by atoms with Crippen molar-refractivity contribution in [2.24, 2.45) is 0 Å². The average molecular weight is 164 g/mol. The molecule has 2 nitrogen and oxygen atoms in total. The molecule has 0 atom stereocenters. The Kier molecular flexibility index (Phi) is 2.27. The SMILES string of the molecule is Cc1c(N)ccc(C(C)C)c1N. The molecule has 0 aliphatic heterocycles. The first-order chi connectivity index (χ1) is 5.54. The number of anilines is 2. The maximum absolute atomic E-state index is 5.90. The molecular weight excluding hydrogens is 148 g/mol. The molecule has 0 heterocycles. The van der Waals surface area contributed by atoms with Gasteiger partial charge >= 0.3 is 0 Å². The van der Waals surface area contributed by atoms with Crippen molar-refractivity contribution in [2.75, 3.05) is 11.5 Å². The fraction of sp³-hybridized carbons (Fsp3) is 0.400. The summed E-state index contributed by atoms with van der Waals surface area (Å²) in [5.41, 5.74) is 15.4. The van der Waals surface area contributed by atoms with Gasteiger partial charge in [-0.3, -0.25) is 0 Å². The van der Waals surface area contributed by atoms with Gasteiger partial charge in [0, 0.05) is 11.4 Å². The van der Waals surface area contributed by atoms with E-state index in [2.05, 4.69) is 13.8 Å². The molecule has 0 fully saturated rings. The van der Waals surface area contributed by atoms with E-state index in [1.54, 1.807) is 0 Å². The molecular formula is C10H16N2. The van der Waals surface area contributed by atoms with Crippen LogP contribution in [-0.4, -0.2) is 0 Å². The number of benzene rings is 1. The molecule has 0 spiro atoms. The Labute approximate surface area is 73.6 Å². The maximum Gasteiger partial charge on any atom is 0.0399 e. The van der Waals surface area contributed by atoms with Crippen molar-refractivity contribution in [2.45, 2.75) is 26.7 Å². The normalized spacial score (nSPS) is 10.7. The first-order valence-electron chi connectivity index (χ1n) is 4.18. The lowest BCUT2D eigenvalue weighted by molar-refractivity contribution is 0.869. The highest BCUT2D eigenvalue weighted by Gasteiger charge is 2.07. The Morgan fingerprint density at radius 1 is 1.17 bits per heavy atom. The van der Waals surface area contributed by atoms with E-state index in [4.69, 9.17) is 11.5 Å². The highest BCUT2D eigenvalue weighted by atomic mass is 14.6. The second kappa shape index (κ2) is 3.05. The maximum atomic E-state index is 5.90. The Balaban J connectivity index is 3.27. The van der Waals surface area contributed by atoms with Gasteiger partial charge in [0.1, 0.15) is 0 Å².